The first-order chi connectivity index (χ1) is 14.5. The van der Waals surface area contributed by atoms with Gasteiger partial charge in [0, 0.05) is 16.5 Å². The number of hydrogen-bond acceptors (Lipinski definition) is 5. The summed E-state index contributed by atoms with van der Waals surface area (Å²) < 4.78 is 29.8. The number of carbonyl (C=O) groups is 1. The van der Waals surface area contributed by atoms with Crippen LogP contribution in [0.15, 0.2) is 41.8 Å². The molecule has 5 nitrogen and oxygen atoms in total. The van der Waals surface area contributed by atoms with Crippen molar-refractivity contribution in [1.29, 1.82) is 0 Å². The van der Waals surface area contributed by atoms with Crippen molar-refractivity contribution in [2.75, 3.05) is 18.1 Å². The number of nitrogens with zero attached hydrogens (tertiary/aromatic N) is 1. The van der Waals surface area contributed by atoms with E-state index >= 15 is 0 Å². The van der Waals surface area contributed by atoms with Crippen LogP contribution in [0.3, 0.4) is 0 Å². The van der Waals surface area contributed by atoms with Gasteiger partial charge in [-0.15, -0.1) is 11.3 Å². The highest BCUT2D eigenvalue weighted by atomic mass is 32.2. The van der Waals surface area contributed by atoms with Gasteiger partial charge in [-0.25, -0.2) is 8.42 Å². The number of ether oxygens (including phenoxy) is 1. The van der Waals surface area contributed by atoms with E-state index in [0.717, 1.165) is 17.0 Å². The third-order valence-corrected chi connectivity index (χ3v) is 8.05. The maximum absolute atomic E-state index is 13.2. The van der Waals surface area contributed by atoms with Gasteiger partial charge in [-0.3, -0.25) is 4.79 Å². The predicted molar refractivity (Wildman–Crippen MR) is 122 cm³/mol. The molecule has 0 saturated carbocycles. The Bertz CT molecular complexity index is 892. The van der Waals surface area contributed by atoms with Crippen molar-refractivity contribution in [3.63, 3.8) is 0 Å². The second kappa shape index (κ2) is 11.0. The topological polar surface area (TPSA) is 63.7 Å². The summed E-state index contributed by atoms with van der Waals surface area (Å²) >= 11 is 1.58. The highest BCUT2D eigenvalue weighted by Gasteiger charge is 2.35. The lowest BCUT2D eigenvalue weighted by molar-refractivity contribution is 0.0683. The van der Waals surface area contributed by atoms with E-state index in [4.69, 9.17) is 4.74 Å². The van der Waals surface area contributed by atoms with Gasteiger partial charge in [0.25, 0.3) is 5.91 Å². The molecular weight excluding hydrogens is 418 g/mol. The zero-order valence-electron chi connectivity index (χ0n) is 17.6. The second-order valence-electron chi connectivity index (χ2n) is 7.86. The number of hydrogen-bond donors (Lipinski definition) is 0. The van der Waals surface area contributed by atoms with E-state index < -0.39 is 9.84 Å². The van der Waals surface area contributed by atoms with E-state index in [-0.39, 0.29) is 23.5 Å². The van der Waals surface area contributed by atoms with Crippen LogP contribution in [-0.4, -0.2) is 43.4 Å². The Kier molecular flexibility index (Phi) is 8.33. The Morgan fingerprint density at radius 1 is 1.13 bits per heavy atom. The monoisotopic (exact) mass is 449 g/mol. The van der Waals surface area contributed by atoms with Crippen LogP contribution >= 0.6 is 11.3 Å². The molecule has 0 bridgehead atoms. The molecule has 1 saturated heterocycles. The molecule has 7 heteroatoms. The predicted octanol–water partition coefficient (Wildman–Crippen LogP) is 4.93. The Hall–Kier alpha value is -1.86. The molecule has 1 aromatic carbocycles. The van der Waals surface area contributed by atoms with Gasteiger partial charge in [0.1, 0.15) is 5.75 Å². The Morgan fingerprint density at radius 2 is 1.90 bits per heavy atom. The lowest BCUT2D eigenvalue weighted by Gasteiger charge is -2.28. The highest BCUT2D eigenvalue weighted by molar-refractivity contribution is 7.91. The van der Waals surface area contributed by atoms with Crippen molar-refractivity contribution >= 4 is 27.1 Å². The summed E-state index contributed by atoms with van der Waals surface area (Å²) in [5, 5.41) is 1.97. The number of carbonyl (C=O) groups excluding carboxylic acids is 1. The minimum absolute atomic E-state index is 0.0450. The molecule has 0 spiro atoms. The van der Waals surface area contributed by atoms with Crippen LogP contribution in [-0.2, 0) is 16.4 Å². The summed E-state index contributed by atoms with van der Waals surface area (Å²) in [5.74, 6) is 0.826. The molecular formula is C23H31NO4S2. The van der Waals surface area contributed by atoms with Gasteiger partial charge in [-0.2, -0.15) is 0 Å². The number of thiophene rings is 1. The van der Waals surface area contributed by atoms with Crippen LogP contribution < -0.4 is 4.74 Å². The van der Waals surface area contributed by atoms with Gasteiger partial charge in [-0.1, -0.05) is 38.7 Å². The fourth-order valence-electron chi connectivity index (χ4n) is 3.71. The average molecular weight is 450 g/mol. The summed E-state index contributed by atoms with van der Waals surface area (Å²) in [7, 11) is -3.07. The van der Waals surface area contributed by atoms with Crippen molar-refractivity contribution in [3.05, 3.63) is 52.2 Å². The van der Waals surface area contributed by atoms with E-state index in [1.54, 1.807) is 28.4 Å². The van der Waals surface area contributed by atoms with Crippen LogP contribution in [0.5, 0.6) is 5.75 Å². The first-order valence-corrected chi connectivity index (χ1v) is 13.5. The van der Waals surface area contributed by atoms with Crippen molar-refractivity contribution in [2.24, 2.45) is 0 Å². The van der Waals surface area contributed by atoms with E-state index in [1.807, 2.05) is 29.6 Å². The molecule has 0 radical (unpaired) electrons. The van der Waals surface area contributed by atoms with Crippen molar-refractivity contribution in [3.8, 4) is 5.75 Å². The molecule has 0 aliphatic carbocycles. The number of sulfone groups is 1. The molecule has 1 aromatic heterocycles. The first-order valence-electron chi connectivity index (χ1n) is 10.7. The largest absolute Gasteiger partial charge is 0.494 e. The Morgan fingerprint density at radius 3 is 2.53 bits per heavy atom. The molecule has 1 atom stereocenters. The number of rotatable bonds is 11. The minimum atomic E-state index is -3.07. The fourth-order valence-corrected chi connectivity index (χ4v) is 6.15. The summed E-state index contributed by atoms with van der Waals surface area (Å²) in [6.07, 6.45) is 6.44. The molecule has 1 amide bonds. The first kappa shape index (κ1) is 22.8. The maximum atomic E-state index is 13.2. The number of unbranched alkanes of at least 4 members (excludes halogenated alkanes) is 4. The van der Waals surface area contributed by atoms with Crippen molar-refractivity contribution in [2.45, 2.75) is 58.0 Å². The van der Waals surface area contributed by atoms with Gasteiger partial charge < -0.3 is 9.64 Å². The number of benzene rings is 1. The van der Waals surface area contributed by atoms with Gasteiger partial charge >= 0.3 is 0 Å². The second-order valence-corrected chi connectivity index (χ2v) is 11.1. The SMILES string of the molecule is CCCCCCCOc1ccc(C(=O)N(Cc2cccs2)[C@@H]2CCS(=O)(=O)C2)cc1. The minimum Gasteiger partial charge on any atom is -0.494 e. The molecule has 0 N–H and O–H groups in total. The van der Waals surface area contributed by atoms with Gasteiger partial charge in [-0.05, 0) is 48.6 Å². The Labute approximate surface area is 184 Å². The molecule has 1 fully saturated rings. The smallest absolute Gasteiger partial charge is 0.254 e. The highest BCUT2D eigenvalue weighted by Crippen LogP contribution is 2.24. The lowest BCUT2D eigenvalue weighted by atomic mass is 10.1. The maximum Gasteiger partial charge on any atom is 0.254 e. The summed E-state index contributed by atoms with van der Waals surface area (Å²) in [4.78, 5) is 16.0. The summed E-state index contributed by atoms with van der Waals surface area (Å²) in [6, 6.07) is 10.9. The quantitative estimate of drug-likeness (QED) is 0.457. The van der Waals surface area contributed by atoms with E-state index in [1.165, 1.54) is 25.7 Å². The lowest BCUT2D eigenvalue weighted by Crippen LogP contribution is -2.40. The molecule has 30 heavy (non-hydrogen) atoms. The van der Waals surface area contributed by atoms with Gasteiger partial charge in [0.2, 0.25) is 0 Å². The molecule has 1 aliphatic heterocycles. The molecule has 0 unspecified atom stereocenters. The van der Waals surface area contributed by atoms with Crippen LogP contribution in [0.4, 0.5) is 0 Å². The van der Waals surface area contributed by atoms with Gasteiger partial charge in [0.05, 0.1) is 24.7 Å². The summed E-state index contributed by atoms with van der Waals surface area (Å²) in [5.41, 5.74) is 0.561. The van der Waals surface area contributed by atoms with Crippen LogP contribution in [0.25, 0.3) is 0 Å². The third kappa shape index (κ3) is 6.57. The van der Waals surface area contributed by atoms with E-state index in [0.29, 0.717) is 25.1 Å². The normalized spacial score (nSPS) is 17.7. The van der Waals surface area contributed by atoms with Crippen molar-refractivity contribution < 1.29 is 17.9 Å². The van der Waals surface area contributed by atoms with Crippen LogP contribution in [0.1, 0.15) is 60.7 Å². The van der Waals surface area contributed by atoms with E-state index in [2.05, 4.69) is 6.92 Å². The zero-order chi connectivity index (χ0) is 21.4. The third-order valence-electron chi connectivity index (χ3n) is 5.43. The fraction of sp³-hybridized carbons (Fsp3) is 0.522. The van der Waals surface area contributed by atoms with Crippen LogP contribution in [0.2, 0.25) is 0 Å². The standard InChI is InChI=1S/C23H31NO4S2/c1-2-3-4-5-6-14-28-21-11-9-19(10-12-21)23(25)24(17-22-8-7-15-29-22)20-13-16-30(26,27)18-20/h7-12,15,20H,2-6,13-14,16-18H2,1H3/t20-/m1/s1. The number of amides is 1. The van der Waals surface area contributed by atoms with Crippen LogP contribution in [0, 0.1) is 0 Å². The van der Waals surface area contributed by atoms with E-state index in [9.17, 15) is 13.2 Å². The molecule has 3 rings (SSSR count). The molecule has 2 heterocycles. The molecule has 164 valence electrons. The zero-order valence-corrected chi connectivity index (χ0v) is 19.2. The summed E-state index contributed by atoms with van der Waals surface area (Å²) in [6.45, 7) is 3.32. The molecule has 1 aliphatic rings. The van der Waals surface area contributed by atoms with Gasteiger partial charge in [0.15, 0.2) is 9.84 Å². The van der Waals surface area contributed by atoms with Crippen molar-refractivity contribution in [1.82, 2.24) is 4.90 Å². The Balaban J connectivity index is 1.62. The average Bonchev–Trinajstić information content (AvgIpc) is 3.38. The molecule has 2 aromatic rings.